The molecule has 0 saturated heterocycles. The second-order valence-electron chi connectivity index (χ2n) is 6.62. The average molecular weight is 394 g/mol. The fourth-order valence-corrected chi connectivity index (χ4v) is 4.80. The van der Waals surface area contributed by atoms with E-state index in [1.807, 2.05) is 0 Å². The summed E-state index contributed by atoms with van der Waals surface area (Å²) in [7, 11) is 0. The van der Waals surface area contributed by atoms with Crippen LogP contribution in [0.3, 0.4) is 0 Å². The van der Waals surface area contributed by atoms with Crippen molar-refractivity contribution in [3.05, 3.63) is 50.5 Å². The lowest BCUT2D eigenvalue weighted by Gasteiger charge is -2.10. The van der Waals surface area contributed by atoms with E-state index in [4.69, 9.17) is 5.73 Å². The SMILES string of the molecule is Nc1nc(Cn2cccc(C(F)(F)F)c2=O)nc2sc3c(c12)CCCCC3. The van der Waals surface area contributed by atoms with Crippen LogP contribution in [0.15, 0.2) is 23.1 Å². The first-order valence-electron chi connectivity index (χ1n) is 8.68. The highest BCUT2D eigenvalue weighted by molar-refractivity contribution is 7.19. The molecule has 0 aromatic carbocycles. The minimum Gasteiger partial charge on any atom is -0.383 e. The van der Waals surface area contributed by atoms with E-state index in [1.54, 1.807) is 11.3 Å². The summed E-state index contributed by atoms with van der Waals surface area (Å²) in [6.45, 7) is -0.161. The predicted molar refractivity (Wildman–Crippen MR) is 97.9 cm³/mol. The van der Waals surface area contributed by atoms with Gasteiger partial charge in [-0.1, -0.05) is 6.42 Å². The van der Waals surface area contributed by atoms with Crippen molar-refractivity contribution < 1.29 is 13.2 Å². The monoisotopic (exact) mass is 394 g/mol. The van der Waals surface area contributed by atoms with Gasteiger partial charge in [-0.25, -0.2) is 9.97 Å². The van der Waals surface area contributed by atoms with Gasteiger partial charge in [0.2, 0.25) is 0 Å². The minimum atomic E-state index is -4.70. The molecule has 0 amide bonds. The Kier molecular flexibility index (Phi) is 4.41. The number of hydrogen-bond acceptors (Lipinski definition) is 5. The topological polar surface area (TPSA) is 73.8 Å². The molecule has 0 bridgehead atoms. The van der Waals surface area contributed by atoms with Crippen molar-refractivity contribution in [1.29, 1.82) is 0 Å². The molecule has 3 aromatic rings. The van der Waals surface area contributed by atoms with Crippen LogP contribution in [0, 0.1) is 0 Å². The van der Waals surface area contributed by atoms with Gasteiger partial charge in [-0.3, -0.25) is 4.79 Å². The molecular weight excluding hydrogens is 377 g/mol. The number of halogens is 3. The van der Waals surface area contributed by atoms with E-state index in [9.17, 15) is 18.0 Å². The molecule has 27 heavy (non-hydrogen) atoms. The van der Waals surface area contributed by atoms with Crippen LogP contribution in [-0.4, -0.2) is 14.5 Å². The van der Waals surface area contributed by atoms with Gasteiger partial charge in [0.05, 0.1) is 11.9 Å². The van der Waals surface area contributed by atoms with E-state index in [0.717, 1.165) is 46.5 Å². The number of pyridine rings is 1. The van der Waals surface area contributed by atoms with Crippen LogP contribution in [0.4, 0.5) is 19.0 Å². The second kappa shape index (κ2) is 6.63. The normalized spacial score (nSPS) is 14.9. The maximum absolute atomic E-state index is 12.9. The molecule has 0 aliphatic heterocycles. The van der Waals surface area contributed by atoms with Crippen molar-refractivity contribution in [3.63, 3.8) is 0 Å². The van der Waals surface area contributed by atoms with E-state index < -0.39 is 17.3 Å². The molecule has 3 aromatic heterocycles. The van der Waals surface area contributed by atoms with E-state index in [0.29, 0.717) is 5.82 Å². The fraction of sp³-hybridized carbons (Fsp3) is 0.389. The Morgan fingerprint density at radius 3 is 2.74 bits per heavy atom. The second-order valence-corrected chi connectivity index (χ2v) is 7.71. The van der Waals surface area contributed by atoms with Gasteiger partial charge >= 0.3 is 6.18 Å². The third-order valence-corrected chi connectivity index (χ3v) is 5.96. The van der Waals surface area contributed by atoms with Crippen LogP contribution in [0.25, 0.3) is 10.2 Å². The first-order valence-corrected chi connectivity index (χ1v) is 9.49. The third-order valence-electron chi connectivity index (χ3n) is 4.78. The molecular formula is C18H17F3N4OS. The van der Waals surface area contributed by atoms with Gasteiger partial charge in [0, 0.05) is 11.1 Å². The number of alkyl halides is 3. The van der Waals surface area contributed by atoms with Crippen molar-refractivity contribution in [2.45, 2.75) is 44.8 Å². The molecule has 142 valence electrons. The van der Waals surface area contributed by atoms with Gasteiger partial charge < -0.3 is 10.3 Å². The third kappa shape index (κ3) is 3.31. The molecule has 0 spiro atoms. The number of nitrogens with zero attached hydrogens (tertiary/aromatic N) is 3. The molecule has 2 N–H and O–H groups in total. The van der Waals surface area contributed by atoms with E-state index in [2.05, 4.69) is 9.97 Å². The molecule has 0 atom stereocenters. The first kappa shape index (κ1) is 18.0. The largest absolute Gasteiger partial charge is 0.421 e. The average Bonchev–Trinajstić information content (AvgIpc) is 2.78. The molecule has 0 saturated carbocycles. The summed E-state index contributed by atoms with van der Waals surface area (Å²) in [5, 5.41) is 0.858. The van der Waals surface area contributed by atoms with Crippen LogP contribution in [-0.2, 0) is 25.6 Å². The number of hydrogen-bond donors (Lipinski definition) is 1. The Bertz CT molecular complexity index is 1070. The predicted octanol–water partition coefficient (Wildman–Crippen LogP) is 3.77. The molecule has 1 aliphatic rings. The van der Waals surface area contributed by atoms with Gasteiger partial charge in [0.15, 0.2) is 5.82 Å². The van der Waals surface area contributed by atoms with Crippen LogP contribution >= 0.6 is 11.3 Å². The molecule has 1 aliphatic carbocycles. The summed E-state index contributed by atoms with van der Waals surface area (Å²) in [6, 6.07) is 1.97. The summed E-state index contributed by atoms with van der Waals surface area (Å²) in [4.78, 5) is 22.9. The zero-order valence-electron chi connectivity index (χ0n) is 14.3. The van der Waals surface area contributed by atoms with Gasteiger partial charge in [0.1, 0.15) is 16.2 Å². The lowest BCUT2D eigenvalue weighted by molar-refractivity contribution is -0.138. The van der Waals surface area contributed by atoms with Gasteiger partial charge in [-0.05, 0) is 43.4 Å². The van der Waals surface area contributed by atoms with Crippen LogP contribution in [0.1, 0.15) is 41.1 Å². The zero-order valence-corrected chi connectivity index (χ0v) is 15.2. The van der Waals surface area contributed by atoms with Crippen molar-refractivity contribution in [2.75, 3.05) is 5.73 Å². The van der Waals surface area contributed by atoms with E-state index >= 15 is 0 Å². The molecule has 5 nitrogen and oxygen atoms in total. The Hall–Kier alpha value is -2.42. The Morgan fingerprint density at radius 2 is 1.96 bits per heavy atom. The molecule has 9 heteroatoms. The molecule has 0 unspecified atom stereocenters. The number of thiophene rings is 1. The minimum absolute atomic E-state index is 0.161. The van der Waals surface area contributed by atoms with E-state index in [1.165, 1.54) is 29.1 Å². The highest BCUT2D eigenvalue weighted by atomic mass is 32.1. The molecule has 0 radical (unpaired) electrons. The molecule has 0 fully saturated rings. The van der Waals surface area contributed by atoms with Crippen LogP contribution in [0.5, 0.6) is 0 Å². The number of rotatable bonds is 2. The first-order chi connectivity index (χ1) is 12.8. The number of nitrogens with two attached hydrogens (primary N) is 1. The van der Waals surface area contributed by atoms with Crippen LogP contribution < -0.4 is 11.3 Å². The number of fused-ring (bicyclic) bond motifs is 3. The molecule has 3 heterocycles. The fourth-order valence-electron chi connectivity index (χ4n) is 3.51. The maximum atomic E-state index is 12.9. The number of aryl methyl sites for hydroxylation is 2. The number of anilines is 1. The van der Waals surface area contributed by atoms with Gasteiger partial charge in [-0.2, -0.15) is 13.2 Å². The van der Waals surface area contributed by atoms with Crippen molar-refractivity contribution in [3.8, 4) is 0 Å². The maximum Gasteiger partial charge on any atom is 0.421 e. The van der Waals surface area contributed by atoms with E-state index in [-0.39, 0.29) is 12.4 Å². The van der Waals surface area contributed by atoms with Crippen molar-refractivity contribution >= 4 is 27.4 Å². The zero-order chi connectivity index (χ0) is 19.2. The lowest BCUT2D eigenvalue weighted by Crippen LogP contribution is -2.28. The highest BCUT2D eigenvalue weighted by Crippen LogP contribution is 2.37. The summed E-state index contributed by atoms with van der Waals surface area (Å²) >= 11 is 1.57. The van der Waals surface area contributed by atoms with Gasteiger partial charge in [0.25, 0.3) is 5.56 Å². The molecule has 4 rings (SSSR count). The standard InChI is InChI=1S/C18H17F3N4OS/c19-18(20,21)11-6-4-8-25(17(11)26)9-13-23-15(22)14-10-5-2-1-3-7-12(10)27-16(14)24-13/h4,6,8H,1-3,5,7,9H2,(H2,22,23,24). The Balaban J connectivity index is 1.75. The summed E-state index contributed by atoms with van der Waals surface area (Å²) in [6.07, 6.45) is 1.92. The Labute approximate surface area is 156 Å². The highest BCUT2D eigenvalue weighted by Gasteiger charge is 2.34. The van der Waals surface area contributed by atoms with Crippen molar-refractivity contribution in [2.24, 2.45) is 0 Å². The lowest BCUT2D eigenvalue weighted by atomic mass is 10.1. The van der Waals surface area contributed by atoms with Crippen molar-refractivity contribution in [1.82, 2.24) is 14.5 Å². The Morgan fingerprint density at radius 1 is 1.19 bits per heavy atom. The van der Waals surface area contributed by atoms with Crippen LogP contribution in [0.2, 0.25) is 0 Å². The smallest absolute Gasteiger partial charge is 0.383 e. The number of aromatic nitrogens is 3. The number of nitrogen functional groups attached to an aromatic ring is 1. The summed E-state index contributed by atoms with van der Waals surface area (Å²) in [5.41, 5.74) is 5.03. The quantitative estimate of drug-likeness (QED) is 0.672. The summed E-state index contributed by atoms with van der Waals surface area (Å²) < 4.78 is 39.8. The summed E-state index contributed by atoms with van der Waals surface area (Å²) in [5.74, 6) is 0.562. The van der Waals surface area contributed by atoms with Gasteiger partial charge in [-0.15, -0.1) is 11.3 Å².